The van der Waals surface area contributed by atoms with Crippen LogP contribution in [0, 0.1) is 0 Å². The average Bonchev–Trinajstić information content (AvgIpc) is 2.37. The van der Waals surface area contributed by atoms with Gasteiger partial charge in [0.15, 0.2) is 0 Å². The van der Waals surface area contributed by atoms with E-state index in [1.807, 2.05) is 11.4 Å². The molecule has 0 aromatic carbocycles. The van der Waals surface area contributed by atoms with Crippen molar-refractivity contribution in [3.63, 3.8) is 0 Å². The predicted molar refractivity (Wildman–Crippen MR) is 48.6 cm³/mol. The molecule has 1 nitrogen and oxygen atoms in total. The smallest absolute Gasteiger partial charge is 0.0550 e. The van der Waals surface area contributed by atoms with Gasteiger partial charge in [0.05, 0.1) is 15.7 Å². The van der Waals surface area contributed by atoms with Gasteiger partial charge in [0.2, 0.25) is 0 Å². The molecule has 1 aromatic heterocycles. The first kappa shape index (κ1) is 7.50. The molecule has 1 aliphatic rings. The number of thiophene rings is 1. The van der Waals surface area contributed by atoms with Crippen LogP contribution in [0.15, 0.2) is 16.3 Å². The Kier molecular flexibility index (Phi) is 1.48. The molecule has 0 bridgehead atoms. The third-order valence-electron chi connectivity index (χ3n) is 1.98. The highest BCUT2D eigenvalue weighted by Gasteiger charge is 2.35. The van der Waals surface area contributed by atoms with Crippen LogP contribution in [0.2, 0.25) is 0 Å². The van der Waals surface area contributed by atoms with Crippen molar-refractivity contribution in [3.8, 4) is 0 Å². The highest BCUT2D eigenvalue weighted by Crippen LogP contribution is 2.40. The Balaban J connectivity index is 2.63. The Morgan fingerprint density at radius 3 is 3.00 bits per heavy atom. The van der Waals surface area contributed by atoms with Crippen LogP contribution in [0.3, 0.4) is 0 Å². The molecule has 0 aliphatic carbocycles. The molecule has 60 valence electrons. The lowest BCUT2D eigenvalue weighted by molar-refractivity contribution is 0.612. The predicted octanol–water partition coefficient (Wildman–Crippen LogP) is 2.15. The minimum atomic E-state index is -0.726. The van der Waals surface area contributed by atoms with Crippen LogP contribution in [0.5, 0.6) is 0 Å². The summed E-state index contributed by atoms with van der Waals surface area (Å²) in [4.78, 5) is 2.39. The third kappa shape index (κ3) is 0.983. The largest absolute Gasteiger partial charge is 0.254 e. The van der Waals surface area contributed by atoms with E-state index in [-0.39, 0.29) is 5.41 Å². The quantitative estimate of drug-likeness (QED) is 0.606. The molecule has 0 radical (unpaired) electrons. The monoisotopic (exact) mass is 186 g/mol. The van der Waals surface area contributed by atoms with Crippen LogP contribution in [-0.4, -0.2) is 9.96 Å². The van der Waals surface area contributed by atoms with Crippen molar-refractivity contribution in [2.45, 2.75) is 24.2 Å². The van der Waals surface area contributed by atoms with E-state index in [0.717, 1.165) is 10.6 Å². The SMILES string of the molecule is CC1(C)CS(=O)c2ccsc21. The zero-order valence-electron chi connectivity index (χ0n) is 6.59. The zero-order valence-corrected chi connectivity index (χ0v) is 8.22. The van der Waals surface area contributed by atoms with Gasteiger partial charge in [-0.25, -0.2) is 0 Å². The highest BCUT2D eigenvalue weighted by molar-refractivity contribution is 7.85. The molecule has 1 atom stereocenters. The minimum Gasteiger partial charge on any atom is -0.254 e. The normalized spacial score (nSPS) is 26.9. The maximum atomic E-state index is 11.5. The molecular formula is C8H10OS2. The van der Waals surface area contributed by atoms with Crippen molar-refractivity contribution in [2.24, 2.45) is 0 Å². The Bertz CT molecular complexity index is 312. The summed E-state index contributed by atoms with van der Waals surface area (Å²) in [6.07, 6.45) is 0. The maximum absolute atomic E-state index is 11.5. The Morgan fingerprint density at radius 2 is 2.36 bits per heavy atom. The van der Waals surface area contributed by atoms with E-state index in [0.29, 0.717) is 0 Å². The highest BCUT2D eigenvalue weighted by atomic mass is 32.2. The topological polar surface area (TPSA) is 17.1 Å². The van der Waals surface area contributed by atoms with E-state index in [9.17, 15) is 4.21 Å². The molecule has 2 rings (SSSR count). The second-order valence-electron chi connectivity index (χ2n) is 3.49. The van der Waals surface area contributed by atoms with Gasteiger partial charge in [-0.1, -0.05) is 13.8 Å². The molecule has 0 N–H and O–H groups in total. The Morgan fingerprint density at radius 1 is 1.64 bits per heavy atom. The third-order valence-corrected chi connectivity index (χ3v) is 5.21. The fourth-order valence-electron chi connectivity index (χ4n) is 1.44. The van der Waals surface area contributed by atoms with Gasteiger partial charge < -0.3 is 0 Å². The van der Waals surface area contributed by atoms with E-state index in [2.05, 4.69) is 13.8 Å². The molecule has 0 fully saturated rings. The summed E-state index contributed by atoms with van der Waals surface area (Å²) in [5.41, 5.74) is 0.147. The molecule has 3 heteroatoms. The molecule has 1 aliphatic heterocycles. The second-order valence-corrected chi connectivity index (χ2v) is 5.82. The fraction of sp³-hybridized carbons (Fsp3) is 0.500. The van der Waals surface area contributed by atoms with Crippen molar-refractivity contribution >= 4 is 22.1 Å². The van der Waals surface area contributed by atoms with E-state index >= 15 is 0 Å². The summed E-state index contributed by atoms with van der Waals surface area (Å²) >= 11 is 1.73. The maximum Gasteiger partial charge on any atom is 0.0550 e. The van der Waals surface area contributed by atoms with Crippen LogP contribution in [0.4, 0.5) is 0 Å². The molecular weight excluding hydrogens is 176 g/mol. The Labute approximate surface area is 72.9 Å². The first-order chi connectivity index (χ1) is 5.11. The van der Waals surface area contributed by atoms with Gasteiger partial charge >= 0.3 is 0 Å². The van der Waals surface area contributed by atoms with E-state index in [1.165, 1.54) is 4.88 Å². The van der Waals surface area contributed by atoms with Crippen LogP contribution in [-0.2, 0) is 16.2 Å². The number of hydrogen-bond donors (Lipinski definition) is 0. The lowest BCUT2D eigenvalue weighted by Crippen LogP contribution is -2.16. The van der Waals surface area contributed by atoms with Crippen LogP contribution < -0.4 is 0 Å². The molecule has 0 amide bonds. The molecule has 1 aromatic rings. The van der Waals surface area contributed by atoms with Gasteiger partial charge in [-0.05, 0) is 11.4 Å². The van der Waals surface area contributed by atoms with E-state index in [1.54, 1.807) is 11.3 Å². The fourth-order valence-corrected chi connectivity index (χ4v) is 4.62. The molecule has 11 heavy (non-hydrogen) atoms. The number of fused-ring (bicyclic) bond motifs is 1. The van der Waals surface area contributed by atoms with Crippen molar-refractivity contribution in [1.82, 2.24) is 0 Å². The number of rotatable bonds is 0. The van der Waals surface area contributed by atoms with Gasteiger partial charge in [0, 0.05) is 16.0 Å². The summed E-state index contributed by atoms with van der Waals surface area (Å²) in [5, 5.41) is 2.03. The first-order valence-electron chi connectivity index (χ1n) is 3.57. The summed E-state index contributed by atoms with van der Waals surface area (Å²) in [6, 6.07) is 1.99. The van der Waals surface area contributed by atoms with Crippen molar-refractivity contribution < 1.29 is 4.21 Å². The van der Waals surface area contributed by atoms with Crippen LogP contribution in [0.1, 0.15) is 18.7 Å². The van der Waals surface area contributed by atoms with Gasteiger partial charge in [0.25, 0.3) is 0 Å². The average molecular weight is 186 g/mol. The van der Waals surface area contributed by atoms with Gasteiger partial charge in [0.1, 0.15) is 0 Å². The Hall–Kier alpha value is -0.150. The minimum absolute atomic E-state index is 0.147. The summed E-state index contributed by atoms with van der Waals surface area (Å²) in [6.45, 7) is 4.32. The summed E-state index contributed by atoms with van der Waals surface area (Å²) < 4.78 is 11.5. The van der Waals surface area contributed by atoms with E-state index < -0.39 is 10.8 Å². The molecule has 2 heterocycles. The van der Waals surface area contributed by atoms with Gasteiger partial charge in [-0.2, -0.15) is 0 Å². The summed E-state index contributed by atoms with van der Waals surface area (Å²) in [7, 11) is -0.726. The molecule has 0 saturated carbocycles. The van der Waals surface area contributed by atoms with Gasteiger partial charge in [-0.15, -0.1) is 11.3 Å². The number of hydrogen-bond acceptors (Lipinski definition) is 2. The van der Waals surface area contributed by atoms with Crippen molar-refractivity contribution in [1.29, 1.82) is 0 Å². The first-order valence-corrected chi connectivity index (χ1v) is 5.77. The molecule has 0 saturated heterocycles. The van der Waals surface area contributed by atoms with Gasteiger partial charge in [-0.3, -0.25) is 4.21 Å². The van der Waals surface area contributed by atoms with Crippen LogP contribution >= 0.6 is 11.3 Å². The summed E-state index contributed by atoms with van der Waals surface area (Å²) in [5.74, 6) is 0.801. The van der Waals surface area contributed by atoms with Crippen molar-refractivity contribution in [3.05, 3.63) is 16.3 Å². The zero-order chi connectivity index (χ0) is 8.06. The molecule has 1 unspecified atom stereocenters. The lowest BCUT2D eigenvalue weighted by atomic mass is 9.95. The second kappa shape index (κ2) is 2.17. The standard InChI is InChI=1S/C8H10OS2/c1-8(2)5-11(9)6-3-4-10-7(6)8/h3-4H,5H2,1-2H3. The van der Waals surface area contributed by atoms with Crippen molar-refractivity contribution in [2.75, 3.05) is 5.75 Å². The van der Waals surface area contributed by atoms with Crippen LogP contribution in [0.25, 0.3) is 0 Å². The lowest BCUT2D eigenvalue weighted by Gasteiger charge is -2.14. The molecule has 0 spiro atoms. The van der Waals surface area contributed by atoms with E-state index in [4.69, 9.17) is 0 Å².